The molecule has 0 saturated heterocycles. The molecular weight excluding hydrogens is 340 g/mol. The fraction of sp³-hybridized carbons (Fsp3) is 0.438. The fourth-order valence-corrected chi connectivity index (χ4v) is 3.55. The number of thiazole rings is 1. The van der Waals surface area contributed by atoms with Gasteiger partial charge >= 0.3 is 0 Å². The monoisotopic (exact) mass is 360 g/mol. The van der Waals surface area contributed by atoms with Crippen LogP contribution >= 0.6 is 11.3 Å². The standard InChI is InChI=1S/C16H20N6O2S/c1-9(2)21-8-18-19-13(21)7-20(5)14(23)12-6-17-16-22(15(12)24)10(3)11(4)25-16/h6,8-9H,7H2,1-5H3. The predicted octanol–water partition coefficient (Wildman–Crippen LogP) is 1.82. The molecule has 3 aromatic heterocycles. The molecule has 0 radical (unpaired) electrons. The first-order chi connectivity index (χ1) is 11.8. The van der Waals surface area contributed by atoms with Crippen molar-refractivity contribution in [1.29, 1.82) is 0 Å². The van der Waals surface area contributed by atoms with Gasteiger partial charge in [-0.05, 0) is 27.7 Å². The van der Waals surface area contributed by atoms with Crippen molar-refractivity contribution in [2.24, 2.45) is 0 Å². The SMILES string of the molecule is Cc1sc2ncc(C(=O)N(C)Cc3nncn3C(C)C)c(=O)n2c1C. The first-order valence-corrected chi connectivity index (χ1v) is 8.74. The van der Waals surface area contributed by atoms with Crippen molar-refractivity contribution in [3.8, 4) is 0 Å². The lowest BCUT2D eigenvalue weighted by Gasteiger charge is -2.18. The lowest BCUT2D eigenvalue weighted by atomic mass is 10.3. The van der Waals surface area contributed by atoms with E-state index in [1.165, 1.54) is 26.8 Å². The van der Waals surface area contributed by atoms with E-state index < -0.39 is 0 Å². The summed E-state index contributed by atoms with van der Waals surface area (Å²) in [6.45, 7) is 8.08. The summed E-state index contributed by atoms with van der Waals surface area (Å²) in [5.41, 5.74) is 0.528. The van der Waals surface area contributed by atoms with E-state index in [1.54, 1.807) is 13.4 Å². The maximum Gasteiger partial charge on any atom is 0.271 e. The van der Waals surface area contributed by atoms with Crippen LogP contribution in [0.5, 0.6) is 0 Å². The summed E-state index contributed by atoms with van der Waals surface area (Å²) in [5.74, 6) is 0.288. The predicted molar refractivity (Wildman–Crippen MR) is 95.0 cm³/mol. The molecule has 3 heterocycles. The van der Waals surface area contributed by atoms with E-state index in [2.05, 4.69) is 15.2 Å². The maximum atomic E-state index is 12.8. The van der Waals surface area contributed by atoms with Crippen LogP contribution in [0.1, 0.15) is 46.6 Å². The molecule has 0 bridgehead atoms. The molecule has 1 amide bonds. The summed E-state index contributed by atoms with van der Waals surface area (Å²) in [6.07, 6.45) is 3.00. The largest absolute Gasteiger partial charge is 0.334 e. The minimum absolute atomic E-state index is 0.0523. The Morgan fingerprint density at radius 2 is 2.08 bits per heavy atom. The zero-order valence-electron chi connectivity index (χ0n) is 14.8. The van der Waals surface area contributed by atoms with Gasteiger partial charge in [0.15, 0.2) is 10.8 Å². The zero-order valence-corrected chi connectivity index (χ0v) is 15.7. The van der Waals surface area contributed by atoms with Crippen molar-refractivity contribution in [2.75, 3.05) is 7.05 Å². The first-order valence-electron chi connectivity index (χ1n) is 7.92. The third kappa shape index (κ3) is 2.95. The summed E-state index contributed by atoms with van der Waals surface area (Å²) in [7, 11) is 1.64. The number of carbonyl (C=O) groups excluding carboxylic acids is 1. The van der Waals surface area contributed by atoms with Gasteiger partial charge in [-0.2, -0.15) is 0 Å². The van der Waals surface area contributed by atoms with Gasteiger partial charge in [-0.25, -0.2) is 4.98 Å². The lowest BCUT2D eigenvalue weighted by molar-refractivity contribution is 0.0777. The summed E-state index contributed by atoms with van der Waals surface area (Å²) in [4.78, 5) is 32.8. The second-order valence-corrected chi connectivity index (χ2v) is 7.43. The second-order valence-electron chi connectivity index (χ2n) is 6.25. The molecule has 0 unspecified atom stereocenters. The van der Waals surface area contributed by atoms with E-state index in [4.69, 9.17) is 0 Å². The van der Waals surface area contributed by atoms with Crippen LogP contribution in [-0.2, 0) is 6.54 Å². The van der Waals surface area contributed by atoms with Gasteiger partial charge in [0.25, 0.3) is 11.5 Å². The van der Waals surface area contributed by atoms with Gasteiger partial charge in [-0.3, -0.25) is 14.0 Å². The fourth-order valence-electron chi connectivity index (χ4n) is 2.62. The molecule has 0 spiro atoms. The molecule has 0 saturated carbocycles. The van der Waals surface area contributed by atoms with Crippen molar-refractivity contribution in [3.63, 3.8) is 0 Å². The molecule has 132 valence electrons. The molecule has 25 heavy (non-hydrogen) atoms. The average molecular weight is 360 g/mol. The smallest absolute Gasteiger partial charge is 0.271 e. The Morgan fingerprint density at radius 1 is 1.36 bits per heavy atom. The van der Waals surface area contributed by atoms with Gasteiger partial charge in [0.1, 0.15) is 11.9 Å². The second kappa shape index (κ2) is 6.40. The Hall–Kier alpha value is -2.55. The van der Waals surface area contributed by atoms with Crippen LogP contribution in [0.3, 0.4) is 0 Å². The molecule has 0 aromatic carbocycles. The molecule has 9 heteroatoms. The number of aryl methyl sites for hydroxylation is 2. The third-order valence-corrected chi connectivity index (χ3v) is 5.25. The van der Waals surface area contributed by atoms with E-state index in [0.717, 1.165) is 10.6 Å². The Bertz CT molecular complexity index is 1000. The van der Waals surface area contributed by atoms with E-state index in [0.29, 0.717) is 10.8 Å². The minimum atomic E-state index is -0.381. The molecular formula is C16H20N6O2S. The van der Waals surface area contributed by atoms with Crippen LogP contribution < -0.4 is 5.56 Å². The summed E-state index contributed by atoms with van der Waals surface area (Å²) >= 11 is 1.44. The molecule has 0 N–H and O–H groups in total. The van der Waals surface area contributed by atoms with Crippen LogP contribution in [0.25, 0.3) is 4.96 Å². The number of fused-ring (bicyclic) bond motifs is 1. The number of amides is 1. The molecule has 0 fully saturated rings. The number of hydrogen-bond donors (Lipinski definition) is 0. The van der Waals surface area contributed by atoms with Crippen molar-refractivity contribution in [2.45, 2.75) is 40.3 Å². The van der Waals surface area contributed by atoms with Crippen molar-refractivity contribution < 1.29 is 4.79 Å². The lowest BCUT2D eigenvalue weighted by Crippen LogP contribution is -2.33. The average Bonchev–Trinajstić information content (AvgIpc) is 3.12. The molecule has 0 aliphatic rings. The molecule has 8 nitrogen and oxygen atoms in total. The van der Waals surface area contributed by atoms with Gasteiger partial charge in [-0.1, -0.05) is 0 Å². The molecule has 0 aliphatic carbocycles. The van der Waals surface area contributed by atoms with Crippen LogP contribution in [0, 0.1) is 13.8 Å². The van der Waals surface area contributed by atoms with Crippen LogP contribution in [0.4, 0.5) is 0 Å². The molecule has 0 aliphatic heterocycles. The Morgan fingerprint density at radius 3 is 2.76 bits per heavy atom. The van der Waals surface area contributed by atoms with E-state index >= 15 is 0 Å². The van der Waals surface area contributed by atoms with Crippen molar-refractivity contribution in [3.05, 3.63) is 44.8 Å². The van der Waals surface area contributed by atoms with Crippen molar-refractivity contribution in [1.82, 2.24) is 29.0 Å². The number of carbonyl (C=O) groups is 1. The highest BCUT2D eigenvalue weighted by Crippen LogP contribution is 2.18. The minimum Gasteiger partial charge on any atom is -0.334 e. The molecule has 3 aromatic rings. The quantitative estimate of drug-likeness (QED) is 0.708. The topological polar surface area (TPSA) is 85.4 Å². The normalized spacial score (nSPS) is 11.4. The number of rotatable bonds is 4. The summed E-state index contributed by atoms with van der Waals surface area (Å²) in [5, 5.41) is 7.96. The van der Waals surface area contributed by atoms with E-state index in [-0.39, 0.29) is 29.6 Å². The highest BCUT2D eigenvalue weighted by Gasteiger charge is 2.21. The number of hydrogen-bond acceptors (Lipinski definition) is 6. The van der Waals surface area contributed by atoms with Gasteiger partial charge in [0.05, 0.1) is 6.54 Å². The zero-order chi connectivity index (χ0) is 18.3. The van der Waals surface area contributed by atoms with E-state index in [1.807, 2.05) is 32.3 Å². The van der Waals surface area contributed by atoms with Crippen LogP contribution in [0.15, 0.2) is 17.3 Å². The van der Waals surface area contributed by atoms with Gasteiger partial charge in [0, 0.05) is 29.9 Å². The number of aromatic nitrogens is 5. The van der Waals surface area contributed by atoms with Gasteiger partial charge in [0.2, 0.25) is 0 Å². The summed E-state index contributed by atoms with van der Waals surface area (Å²) in [6, 6.07) is 0.188. The van der Waals surface area contributed by atoms with Crippen LogP contribution in [-0.4, -0.2) is 42.0 Å². The van der Waals surface area contributed by atoms with Gasteiger partial charge < -0.3 is 9.47 Å². The molecule has 3 rings (SSSR count). The highest BCUT2D eigenvalue weighted by atomic mass is 32.1. The first kappa shape index (κ1) is 17.3. The van der Waals surface area contributed by atoms with E-state index in [9.17, 15) is 9.59 Å². The highest BCUT2D eigenvalue weighted by molar-refractivity contribution is 7.17. The van der Waals surface area contributed by atoms with Gasteiger partial charge in [-0.15, -0.1) is 21.5 Å². The molecule has 0 atom stereocenters. The Labute approximate surface area is 148 Å². The van der Waals surface area contributed by atoms with Crippen molar-refractivity contribution >= 4 is 22.2 Å². The number of nitrogens with zero attached hydrogens (tertiary/aromatic N) is 6. The Kier molecular flexibility index (Phi) is 4.42. The Balaban J connectivity index is 1.94. The van der Waals surface area contributed by atoms with Crippen LogP contribution in [0.2, 0.25) is 0 Å². The maximum absolute atomic E-state index is 12.8. The third-order valence-electron chi connectivity index (χ3n) is 4.18. The summed E-state index contributed by atoms with van der Waals surface area (Å²) < 4.78 is 3.39.